The Morgan fingerprint density at radius 1 is 1.44 bits per heavy atom. The summed E-state index contributed by atoms with van der Waals surface area (Å²) in [4.78, 5) is 11.1. The number of halogens is 2. The molecule has 0 amide bonds. The van der Waals surface area contributed by atoms with Crippen molar-refractivity contribution in [2.75, 3.05) is 7.11 Å². The molecule has 0 heterocycles. The summed E-state index contributed by atoms with van der Waals surface area (Å²) in [6.07, 6.45) is 0. The van der Waals surface area contributed by atoms with E-state index >= 15 is 0 Å². The highest BCUT2D eigenvalue weighted by atomic mass is 79.9. The smallest absolute Gasteiger partial charge is 0.265 e. The minimum absolute atomic E-state index is 0.0364. The largest absolute Gasteiger partial charge is 0.495 e. The zero-order valence-electron chi connectivity index (χ0n) is 8.45. The van der Waals surface area contributed by atoms with Crippen LogP contribution in [-0.2, 0) is 9.05 Å². The Morgan fingerprint density at radius 2 is 2.00 bits per heavy atom. The summed E-state index contributed by atoms with van der Waals surface area (Å²) < 4.78 is 27.9. The lowest BCUT2D eigenvalue weighted by Crippen LogP contribution is -2.03. The maximum absolute atomic E-state index is 11.3. The predicted molar refractivity (Wildman–Crippen MR) is 63.7 cm³/mol. The van der Waals surface area contributed by atoms with Crippen LogP contribution in [0.4, 0.5) is 0 Å². The molecule has 7 heteroatoms. The topological polar surface area (TPSA) is 60.4 Å². The zero-order valence-corrected chi connectivity index (χ0v) is 11.6. The molecule has 4 nitrogen and oxygen atoms in total. The average molecular weight is 328 g/mol. The van der Waals surface area contributed by atoms with E-state index in [9.17, 15) is 13.2 Å². The number of methoxy groups -OCH3 is 1. The third-order valence-electron chi connectivity index (χ3n) is 1.87. The van der Waals surface area contributed by atoms with Crippen LogP contribution in [0.3, 0.4) is 0 Å². The van der Waals surface area contributed by atoms with Gasteiger partial charge in [0.25, 0.3) is 9.05 Å². The van der Waals surface area contributed by atoms with Crippen LogP contribution in [0, 0.1) is 0 Å². The molecule has 0 aliphatic heterocycles. The molecule has 0 saturated carbocycles. The van der Waals surface area contributed by atoms with Gasteiger partial charge in [-0.05, 0) is 19.1 Å². The third kappa shape index (κ3) is 2.75. The molecule has 0 fully saturated rings. The number of ether oxygens (including phenoxy) is 1. The summed E-state index contributed by atoms with van der Waals surface area (Å²) >= 11 is 3.11. The van der Waals surface area contributed by atoms with Gasteiger partial charge in [-0.15, -0.1) is 0 Å². The minimum Gasteiger partial charge on any atom is -0.495 e. The number of hydrogen-bond acceptors (Lipinski definition) is 4. The van der Waals surface area contributed by atoms with Crippen molar-refractivity contribution >= 4 is 41.4 Å². The first-order valence-corrected chi connectivity index (χ1v) is 7.20. The van der Waals surface area contributed by atoms with Gasteiger partial charge in [0.05, 0.1) is 12.7 Å². The van der Waals surface area contributed by atoms with E-state index in [0.29, 0.717) is 4.47 Å². The lowest BCUT2D eigenvalue weighted by atomic mass is 10.1. The maximum atomic E-state index is 11.3. The lowest BCUT2D eigenvalue weighted by Gasteiger charge is -2.10. The molecule has 88 valence electrons. The SMILES string of the molecule is COc1c(C(C)=O)cc(Br)cc1S(=O)(=O)Cl. The molecule has 0 aromatic heterocycles. The van der Waals surface area contributed by atoms with Crippen molar-refractivity contribution in [2.24, 2.45) is 0 Å². The Morgan fingerprint density at radius 3 is 2.38 bits per heavy atom. The van der Waals surface area contributed by atoms with Gasteiger partial charge in [-0.3, -0.25) is 4.79 Å². The highest BCUT2D eigenvalue weighted by molar-refractivity contribution is 9.10. The second kappa shape index (κ2) is 4.73. The van der Waals surface area contributed by atoms with E-state index < -0.39 is 9.05 Å². The van der Waals surface area contributed by atoms with E-state index in [2.05, 4.69) is 15.9 Å². The van der Waals surface area contributed by atoms with Gasteiger partial charge >= 0.3 is 0 Å². The highest BCUT2D eigenvalue weighted by Gasteiger charge is 2.22. The van der Waals surface area contributed by atoms with Gasteiger partial charge in [-0.2, -0.15) is 0 Å². The van der Waals surface area contributed by atoms with Gasteiger partial charge in [0.1, 0.15) is 10.6 Å². The van der Waals surface area contributed by atoms with Crippen LogP contribution < -0.4 is 4.74 Å². The molecular formula is C9H8BrClO4S. The fourth-order valence-corrected chi connectivity index (χ4v) is 2.86. The normalized spacial score (nSPS) is 11.2. The first-order chi connectivity index (χ1) is 7.27. The Hall–Kier alpha value is -0.590. The van der Waals surface area contributed by atoms with Crippen LogP contribution in [0.1, 0.15) is 17.3 Å². The van der Waals surface area contributed by atoms with Gasteiger partial charge in [0, 0.05) is 15.2 Å². The Balaban J connectivity index is 3.68. The molecule has 16 heavy (non-hydrogen) atoms. The zero-order chi connectivity index (χ0) is 12.5. The van der Waals surface area contributed by atoms with Crippen molar-refractivity contribution in [3.05, 3.63) is 22.2 Å². The van der Waals surface area contributed by atoms with Gasteiger partial charge < -0.3 is 4.74 Å². The number of carbonyl (C=O) groups is 1. The number of hydrogen-bond donors (Lipinski definition) is 0. The molecule has 0 spiro atoms. The lowest BCUT2D eigenvalue weighted by molar-refractivity contribution is 0.101. The van der Waals surface area contributed by atoms with Crippen molar-refractivity contribution in [2.45, 2.75) is 11.8 Å². The molecule has 1 aromatic carbocycles. The van der Waals surface area contributed by atoms with Crippen LogP contribution in [0.15, 0.2) is 21.5 Å². The van der Waals surface area contributed by atoms with Crippen LogP contribution in [0.5, 0.6) is 5.75 Å². The summed E-state index contributed by atoms with van der Waals surface area (Å²) in [7, 11) is 2.57. The van der Waals surface area contributed by atoms with Crippen molar-refractivity contribution < 1.29 is 17.9 Å². The van der Waals surface area contributed by atoms with E-state index in [1.807, 2.05) is 0 Å². The van der Waals surface area contributed by atoms with E-state index in [1.165, 1.54) is 26.2 Å². The predicted octanol–water partition coefficient (Wildman–Crippen LogP) is 2.59. The summed E-state index contributed by atoms with van der Waals surface area (Å²) in [6.45, 7) is 1.31. The van der Waals surface area contributed by atoms with Gasteiger partial charge in [-0.1, -0.05) is 15.9 Å². The molecule has 0 N–H and O–H groups in total. The molecule has 0 aliphatic rings. The van der Waals surface area contributed by atoms with Crippen molar-refractivity contribution in [3.63, 3.8) is 0 Å². The van der Waals surface area contributed by atoms with Crippen molar-refractivity contribution in [1.29, 1.82) is 0 Å². The van der Waals surface area contributed by atoms with Gasteiger partial charge in [-0.25, -0.2) is 8.42 Å². The summed E-state index contributed by atoms with van der Waals surface area (Å²) in [5.41, 5.74) is 0.163. The quantitative estimate of drug-likeness (QED) is 0.632. The van der Waals surface area contributed by atoms with Gasteiger partial charge in [0.15, 0.2) is 5.78 Å². The molecule has 1 rings (SSSR count). The fraction of sp³-hybridized carbons (Fsp3) is 0.222. The standard InChI is InChI=1S/C9H8BrClO4S/c1-5(12)7-3-6(10)4-8(9(7)15-2)16(11,13)14/h3-4H,1-2H3. The second-order valence-corrected chi connectivity index (χ2v) is 6.43. The van der Waals surface area contributed by atoms with Crippen molar-refractivity contribution in [3.8, 4) is 5.75 Å². The molecule has 1 aromatic rings. The Labute approximate surface area is 106 Å². The summed E-state index contributed by atoms with van der Waals surface area (Å²) in [5, 5.41) is 0. The number of ketones is 1. The third-order valence-corrected chi connectivity index (χ3v) is 3.65. The highest BCUT2D eigenvalue weighted by Crippen LogP contribution is 2.34. The van der Waals surface area contributed by atoms with Gasteiger partial charge in [0.2, 0.25) is 0 Å². The summed E-state index contributed by atoms with van der Waals surface area (Å²) in [5.74, 6) is -0.342. The number of benzene rings is 1. The fourth-order valence-electron chi connectivity index (χ4n) is 1.22. The van der Waals surface area contributed by atoms with Crippen LogP contribution >= 0.6 is 26.6 Å². The first kappa shape index (κ1) is 13.5. The maximum Gasteiger partial charge on any atom is 0.265 e. The monoisotopic (exact) mass is 326 g/mol. The molecule has 0 bridgehead atoms. The Kier molecular flexibility index (Phi) is 3.98. The molecule has 0 atom stereocenters. The van der Waals surface area contributed by atoms with E-state index in [1.54, 1.807) is 0 Å². The van der Waals surface area contributed by atoms with Crippen LogP contribution in [-0.4, -0.2) is 21.3 Å². The number of Topliss-reactive ketones (excluding diaryl/α,β-unsaturated/α-hetero) is 1. The molecule has 0 aliphatic carbocycles. The molecular weight excluding hydrogens is 320 g/mol. The molecule has 0 unspecified atom stereocenters. The first-order valence-electron chi connectivity index (χ1n) is 4.10. The van der Waals surface area contributed by atoms with Crippen LogP contribution in [0.25, 0.3) is 0 Å². The van der Waals surface area contributed by atoms with Crippen molar-refractivity contribution in [1.82, 2.24) is 0 Å². The minimum atomic E-state index is -3.96. The number of carbonyl (C=O) groups excluding carboxylic acids is 1. The molecule has 0 radical (unpaired) electrons. The molecule has 0 saturated heterocycles. The average Bonchev–Trinajstić information content (AvgIpc) is 2.14. The van der Waals surface area contributed by atoms with E-state index in [0.717, 1.165) is 0 Å². The second-order valence-electron chi connectivity index (χ2n) is 2.98. The Bertz CT molecular complexity index is 539. The van der Waals surface area contributed by atoms with E-state index in [4.69, 9.17) is 15.4 Å². The van der Waals surface area contributed by atoms with Crippen LogP contribution in [0.2, 0.25) is 0 Å². The summed E-state index contributed by atoms with van der Waals surface area (Å²) in [6, 6.07) is 2.76. The van der Waals surface area contributed by atoms with E-state index in [-0.39, 0.29) is 22.0 Å². The number of rotatable bonds is 3.